The number of fused-ring (bicyclic) bond motifs is 1. The molecule has 3 rings (SSSR count). The van der Waals surface area contributed by atoms with Gasteiger partial charge in [0.2, 0.25) is 0 Å². The minimum Gasteiger partial charge on any atom is -0.462 e. The van der Waals surface area contributed by atoms with Crippen LogP contribution in [0.1, 0.15) is 32.1 Å². The summed E-state index contributed by atoms with van der Waals surface area (Å²) in [5.41, 5.74) is 0. The van der Waals surface area contributed by atoms with Crippen LogP contribution in [0.15, 0.2) is 0 Å². The van der Waals surface area contributed by atoms with E-state index in [1.54, 1.807) is 0 Å². The first kappa shape index (κ1) is 12.4. The van der Waals surface area contributed by atoms with E-state index in [1.165, 1.54) is 0 Å². The zero-order valence-corrected chi connectivity index (χ0v) is 10.4. The number of hydrogen-bond donors (Lipinski definition) is 1. The van der Waals surface area contributed by atoms with E-state index in [0.717, 1.165) is 25.9 Å². The Morgan fingerprint density at radius 2 is 2.28 bits per heavy atom. The van der Waals surface area contributed by atoms with Crippen molar-refractivity contribution in [1.82, 2.24) is 0 Å². The summed E-state index contributed by atoms with van der Waals surface area (Å²) >= 11 is 0. The molecule has 2 saturated heterocycles. The topological polar surface area (TPSA) is 65.0 Å². The maximum Gasteiger partial charge on any atom is 0.306 e. The predicted molar refractivity (Wildman–Crippen MR) is 61.6 cm³/mol. The zero-order valence-electron chi connectivity index (χ0n) is 10.4. The Kier molecular flexibility index (Phi) is 3.54. The molecule has 0 radical (unpaired) electrons. The lowest BCUT2D eigenvalue weighted by molar-refractivity contribution is -0.199. The van der Waals surface area contributed by atoms with Crippen molar-refractivity contribution in [3.63, 3.8) is 0 Å². The molecule has 5 heteroatoms. The minimum atomic E-state index is -0.146. The first-order valence-corrected chi connectivity index (χ1v) is 6.85. The van der Waals surface area contributed by atoms with E-state index in [-0.39, 0.29) is 42.9 Å². The van der Waals surface area contributed by atoms with Crippen LogP contribution in [-0.4, -0.2) is 42.8 Å². The standard InChI is InChI=1S/C13H20O5/c14-7-9-8-5-12(15)17-10(8)6-11(9)18-13-3-1-2-4-16-13/h8-11,13-14H,1-7H2/t8-,9-,10?,11-,13?/m1/s1. The van der Waals surface area contributed by atoms with Crippen LogP contribution in [0.2, 0.25) is 0 Å². The van der Waals surface area contributed by atoms with Crippen molar-refractivity contribution in [2.45, 2.75) is 50.6 Å². The van der Waals surface area contributed by atoms with Crippen molar-refractivity contribution in [3.8, 4) is 0 Å². The third-order valence-corrected chi connectivity index (χ3v) is 4.33. The van der Waals surface area contributed by atoms with Crippen LogP contribution in [0.5, 0.6) is 0 Å². The normalized spacial score (nSPS) is 43.8. The second-order valence-electron chi connectivity index (χ2n) is 5.45. The van der Waals surface area contributed by atoms with Crippen molar-refractivity contribution in [1.29, 1.82) is 0 Å². The van der Waals surface area contributed by atoms with Gasteiger partial charge in [0.25, 0.3) is 0 Å². The van der Waals surface area contributed by atoms with Crippen LogP contribution in [0.4, 0.5) is 0 Å². The quantitative estimate of drug-likeness (QED) is 0.758. The number of aliphatic hydroxyl groups is 1. The Hall–Kier alpha value is -0.650. The van der Waals surface area contributed by atoms with Crippen molar-refractivity contribution < 1.29 is 24.1 Å². The molecule has 18 heavy (non-hydrogen) atoms. The molecule has 0 amide bonds. The molecule has 2 heterocycles. The summed E-state index contributed by atoms with van der Waals surface area (Å²) in [5.74, 6) is -0.0149. The Balaban J connectivity index is 1.61. The molecule has 3 fully saturated rings. The van der Waals surface area contributed by atoms with Gasteiger partial charge in [-0.3, -0.25) is 4.79 Å². The third-order valence-electron chi connectivity index (χ3n) is 4.33. The highest BCUT2D eigenvalue weighted by Crippen LogP contribution is 2.43. The fourth-order valence-corrected chi connectivity index (χ4v) is 3.38. The Morgan fingerprint density at radius 1 is 1.39 bits per heavy atom. The maximum atomic E-state index is 11.2. The molecule has 102 valence electrons. The average Bonchev–Trinajstić information content (AvgIpc) is 2.85. The molecule has 2 unspecified atom stereocenters. The molecule has 2 aliphatic heterocycles. The molecule has 1 saturated carbocycles. The van der Waals surface area contributed by atoms with Crippen molar-refractivity contribution in [3.05, 3.63) is 0 Å². The number of carbonyl (C=O) groups is 1. The van der Waals surface area contributed by atoms with E-state index in [0.29, 0.717) is 12.8 Å². The minimum absolute atomic E-state index is 0.00646. The van der Waals surface area contributed by atoms with E-state index < -0.39 is 0 Å². The molecule has 5 atom stereocenters. The van der Waals surface area contributed by atoms with Crippen molar-refractivity contribution in [2.24, 2.45) is 11.8 Å². The van der Waals surface area contributed by atoms with Crippen LogP contribution in [0.3, 0.4) is 0 Å². The van der Waals surface area contributed by atoms with Gasteiger partial charge >= 0.3 is 5.97 Å². The number of carbonyl (C=O) groups excluding carboxylic acids is 1. The molecule has 1 N–H and O–H groups in total. The average molecular weight is 256 g/mol. The van der Waals surface area contributed by atoms with E-state index in [2.05, 4.69) is 0 Å². The van der Waals surface area contributed by atoms with Crippen LogP contribution >= 0.6 is 0 Å². The van der Waals surface area contributed by atoms with Gasteiger partial charge in [-0.25, -0.2) is 0 Å². The molecule has 0 aromatic rings. The summed E-state index contributed by atoms with van der Waals surface area (Å²) in [4.78, 5) is 11.2. The van der Waals surface area contributed by atoms with E-state index in [1.807, 2.05) is 0 Å². The number of esters is 1. The Bertz CT molecular complexity index is 313. The van der Waals surface area contributed by atoms with Crippen LogP contribution in [-0.2, 0) is 19.0 Å². The summed E-state index contributed by atoms with van der Waals surface area (Å²) < 4.78 is 16.8. The Morgan fingerprint density at radius 3 is 3.00 bits per heavy atom. The van der Waals surface area contributed by atoms with Gasteiger partial charge in [0.1, 0.15) is 6.10 Å². The Labute approximate surface area is 106 Å². The molecule has 0 spiro atoms. The second-order valence-corrected chi connectivity index (χ2v) is 5.45. The van der Waals surface area contributed by atoms with Gasteiger partial charge in [0.05, 0.1) is 12.5 Å². The summed E-state index contributed by atoms with van der Waals surface area (Å²) in [6, 6.07) is 0. The zero-order chi connectivity index (χ0) is 12.5. The van der Waals surface area contributed by atoms with Gasteiger partial charge in [-0.15, -0.1) is 0 Å². The second kappa shape index (κ2) is 5.15. The highest BCUT2D eigenvalue weighted by Gasteiger charge is 2.50. The van der Waals surface area contributed by atoms with Gasteiger partial charge < -0.3 is 19.3 Å². The highest BCUT2D eigenvalue weighted by molar-refractivity contribution is 5.72. The molecule has 5 nitrogen and oxygen atoms in total. The highest BCUT2D eigenvalue weighted by atomic mass is 16.7. The summed E-state index contributed by atoms with van der Waals surface area (Å²) in [6.45, 7) is 0.804. The van der Waals surface area contributed by atoms with Crippen molar-refractivity contribution in [2.75, 3.05) is 13.2 Å². The van der Waals surface area contributed by atoms with Crippen LogP contribution in [0.25, 0.3) is 0 Å². The third kappa shape index (κ3) is 2.27. The van der Waals surface area contributed by atoms with E-state index in [9.17, 15) is 9.90 Å². The molecule has 3 aliphatic rings. The number of ether oxygens (including phenoxy) is 3. The summed E-state index contributed by atoms with van der Waals surface area (Å²) in [5, 5.41) is 9.51. The molecular formula is C13H20O5. The summed E-state index contributed by atoms with van der Waals surface area (Å²) in [7, 11) is 0. The van der Waals surface area contributed by atoms with Gasteiger partial charge in [-0.05, 0) is 19.3 Å². The smallest absolute Gasteiger partial charge is 0.306 e. The van der Waals surface area contributed by atoms with E-state index >= 15 is 0 Å². The fourth-order valence-electron chi connectivity index (χ4n) is 3.38. The number of hydrogen-bond acceptors (Lipinski definition) is 5. The van der Waals surface area contributed by atoms with Gasteiger partial charge in [-0.1, -0.05) is 0 Å². The lowest BCUT2D eigenvalue weighted by atomic mass is 9.93. The molecule has 0 aromatic carbocycles. The number of rotatable bonds is 3. The van der Waals surface area contributed by atoms with Crippen molar-refractivity contribution >= 4 is 5.97 Å². The molecule has 0 aromatic heterocycles. The van der Waals surface area contributed by atoms with Gasteiger partial charge in [0, 0.05) is 31.5 Å². The SMILES string of the molecule is O=C1C[C@H]2C(C[C@@H](OC3CCCCO3)[C@@H]2CO)O1. The summed E-state index contributed by atoms with van der Waals surface area (Å²) in [6.07, 6.45) is 4.00. The maximum absolute atomic E-state index is 11.2. The van der Waals surface area contributed by atoms with Crippen LogP contribution < -0.4 is 0 Å². The van der Waals surface area contributed by atoms with Crippen LogP contribution in [0, 0.1) is 11.8 Å². The fraction of sp³-hybridized carbons (Fsp3) is 0.923. The predicted octanol–water partition coefficient (Wildman–Crippen LogP) is 0.842. The lowest BCUT2D eigenvalue weighted by Gasteiger charge is -2.29. The first-order valence-electron chi connectivity index (χ1n) is 6.85. The largest absolute Gasteiger partial charge is 0.462 e. The molecule has 1 aliphatic carbocycles. The molecule has 0 bridgehead atoms. The lowest BCUT2D eigenvalue weighted by Crippen LogP contribution is -2.33. The molecular weight excluding hydrogens is 236 g/mol. The van der Waals surface area contributed by atoms with Gasteiger partial charge in [-0.2, -0.15) is 0 Å². The monoisotopic (exact) mass is 256 g/mol. The van der Waals surface area contributed by atoms with E-state index in [4.69, 9.17) is 14.2 Å². The first-order chi connectivity index (χ1) is 8.78. The number of aliphatic hydroxyl groups excluding tert-OH is 1. The van der Waals surface area contributed by atoms with Gasteiger partial charge in [0.15, 0.2) is 6.29 Å².